The van der Waals surface area contributed by atoms with E-state index >= 15 is 0 Å². The summed E-state index contributed by atoms with van der Waals surface area (Å²) in [5.74, 6) is 1.44. The van der Waals surface area contributed by atoms with Crippen molar-refractivity contribution in [2.24, 2.45) is 0 Å². The Hall–Kier alpha value is -1.78. The number of anilines is 1. The number of hydrogen-bond donors (Lipinski definition) is 1. The third-order valence-electron chi connectivity index (χ3n) is 6.94. The SMILES string of the molecule is Cc1c(C(=O)N2CCN(C3CCS(=O)(=O)C3)CC2)sc2ncnc(NC3CCCC3)c12. The molecule has 0 spiro atoms. The molecule has 31 heavy (non-hydrogen) atoms. The van der Waals surface area contributed by atoms with E-state index in [2.05, 4.69) is 20.2 Å². The summed E-state index contributed by atoms with van der Waals surface area (Å²) in [5, 5.41) is 4.54. The third kappa shape index (κ3) is 4.17. The number of sulfone groups is 1. The maximum Gasteiger partial charge on any atom is 0.264 e. The second-order valence-electron chi connectivity index (χ2n) is 8.97. The Morgan fingerprint density at radius 1 is 1.13 bits per heavy atom. The lowest BCUT2D eigenvalue weighted by Crippen LogP contribution is -2.52. The van der Waals surface area contributed by atoms with Crippen molar-refractivity contribution in [3.63, 3.8) is 0 Å². The molecule has 10 heteroatoms. The molecule has 1 aliphatic carbocycles. The molecule has 1 unspecified atom stereocenters. The van der Waals surface area contributed by atoms with Gasteiger partial charge in [0.2, 0.25) is 0 Å². The van der Waals surface area contributed by atoms with Gasteiger partial charge in [0.1, 0.15) is 17.0 Å². The lowest BCUT2D eigenvalue weighted by atomic mass is 10.1. The van der Waals surface area contributed by atoms with Crippen LogP contribution < -0.4 is 5.32 Å². The maximum atomic E-state index is 13.3. The fourth-order valence-electron chi connectivity index (χ4n) is 5.15. The molecule has 1 amide bonds. The molecule has 1 N–H and O–H groups in total. The number of nitrogens with zero attached hydrogens (tertiary/aromatic N) is 4. The molecule has 2 saturated heterocycles. The van der Waals surface area contributed by atoms with Gasteiger partial charge in [0, 0.05) is 38.3 Å². The number of thiophene rings is 1. The molecular formula is C21H29N5O3S2. The fraction of sp³-hybridized carbons (Fsp3) is 0.667. The number of piperazine rings is 1. The molecule has 2 aromatic heterocycles. The summed E-state index contributed by atoms with van der Waals surface area (Å²) in [6.45, 7) is 4.70. The molecule has 5 rings (SSSR count). The average molecular weight is 464 g/mol. The first-order valence-corrected chi connectivity index (χ1v) is 13.8. The molecule has 8 nitrogen and oxygen atoms in total. The number of carbonyl (C=O) groups is 1. The van der Waals surface area contributed by atoms with Crippen LogP contribution in [0.1, 0.15) is 47.3 Å². The van der Waals surface area contributed by atoms with Gasteiger partial charge >= 0.3 is 0 Å². The van der Waals surface area contributed by atoms with Gasteiger partial charge in [-0.05, 0) is 31.7 Å². The van der Waals surface area contributed by atoms with Crippen molar-refractivity contribution in [3.05, 3.63) is 16.8 Å². The van der Waals surface area contributed by atoms with E-state index in [1.807, 2.05) is 11.8 Å². The summed E-state index contributed by atoms with van der Waals surface area (Å²) in [5.41, 5.74) is 0.954. The molecule has 0 radical (unpaired) electrons. The third-order valence-corrected chi connectivity index (χ3v) is 9.88. The first-order chi connectivity index (χ1) is 14.9. The zero-order chi connectivity index (χ0) is 21.6. The molecule has 4 heterocycles. The van der Waals surface area contributed by atoms with Crippen LogP contribution in [-0.2, 0) is 9.84 Å². The Kier molecular flexibility index (Phi) is 5.64. The van der Waals surface area contributed by atoms with E-state index in [0.717, 1.165) is 52.4 Å². The Balaban J connectivity index is 1.30. The van der Waals surface area contributed by atoms with Crippen molar-refractivity contribution in [2.75, 3.05) is 43.0 Å². The fourth-order valence-corrected chi connectivity index (χ4v) is 8.02. The molecule has 168 valence electrons. The van der Waals surface area contributed by atoms with E-state index in [1.165, 1.54) is 24.2 Å². The van der Waals surface area contributed by atoms with Gasteiger partial charge in [-0.3, -0.25) is 9.69 Å². The van der Waals surface area contributed by atoms with Gasteiger partial charge in [-0.1, -0.05) is 12.8 Å². The Morgan fingerprint density at radius 3 is 2.55 bits per heavy atom. The summed E-state index contributed by atoms with van der Waals surface area (Å²) >= 11 is 1.45. The quantitative estimate of drug-likeness (QED) is 0.743. The van der Waals surface area contributed by atoms with Gasteiger partial charge in [0.15, 0.2) is 9.84 Å². The van der Waals surface area contributed by atoms with E-state index in [0.29, 0.717) is 25.6 Å². The van der Waals surface area contributed by atoms with Crippen LogP contribution in [-0.4, -0.2) is 83.9 Å². The lowest BCUT2D eigenvalue weighted by molar-refractivity contribution is 0.0592. The molecule has 3 aliphatic rings. The lowest BCUT2D eigenvalue weighted by Gasteiger charge is -2.37. The normalized spacial score (nSPS) is 24.8. The van der Waals surface area contributed by atoms with Gasteiger partial charge < -0.3 is 10.2 Å². The van der Waals surface area contributed by atoms with Crippen LogP contribution in [0.25, 0.3) is 10.2 Å². The minimum absolute atomic E-state index is 0.0472. The van der Waals surface area contributed by atoms with Crippen LogP contribution in [0, 0.1) is 6.92 Å². The highest BCUT2D eigenvalue weighted by Crippen LogP contribution is 2.35. The zero-order valence-electron chi connectivity index (χ0n) is 17.8. The van der Waals surface area contributed by atoms with Gasteiger partial charge in [-0.25, -0.2) is 18.4 Å². The molecule has 1 saturated carbocycles. The van der Waals surface area contributed by atoms with E-state index in [-0.39, 0.29) is 23.5 Å². The van der Waals surface area contributed by atoms with Crippen molar-refractivity contribution < 1.29 is 13.2 Å². The second-order valence-corrected chi connectivity index (χ2v) is 12.2. The molecule has 0 bridgehead atoms. The average Bonchev–Trinajstić information content (AvgIpc) is 3.48. The maximum absolute atomic E-state index is 13.3. The van der Waals surface area contributed by atoms with Crippen LogP contribution >= 0.6 is 11.3 Å². The number of aryl methyl sites for hydroxylation is 1. The van der Waals surface area contributed by atoms with Crippen molar-refractivity contribution >= 4 is 43.1 Å². The Morgan fingerprint density at radius 2 is 1.87 bits per heavy atom. The van der Waals surface area contributed by atoms with Gasteiger partial charge in [-0.2, -0.15) is 0 Å². The number of nitrogens with one attached hydrogen (secondary N) is 1. The molecule has 1 atom stereocenters. The number of fused-ring (bicyclic) bond motifs is 1. The first-order valence-electron chi connectivity index (χ1n) is 11.2. The Labute approximate surface area is 187 Å². The van der Waals surface area contributed by atoms with Crippen molar-refractivity contribution in [2.45, 2.75) is 51.1 Å². The van der Waals surface area contributed by atoms with Crippen molar-refractivity contribution in [3.8, 4) is 0 Å². The predicted octanol–water partition coefficient (Wildman–Crippen LogP) is 2.30. The van der Waals surface area contributed by atoms with Crippen LogP contribution in [0.5, 0.6) is 0 Å². The molecule has 2 aliphatic heterocycles. The van der Waals surface area contributed by atoms with Crippen molar-refractivity contribution in [1.82, 2.24) is 19.8 Å². The molecule has 2 aromatic rings. The van der Waals surface area contributed by atoms with Crippen LogP contribution in [0.4, 0.5) is 5.82 Å². The molecular weight excluding hydrogens is 434 g/mol. The highest BCUT2D eigenvalue weighted by molar-refractivity contribution is 7.91. The number of amides is 1. The topological polar surface area (TPSA) is 95.5 Å². The molecule has 3 fully saturated rings. The monoisotopic (exact) mass is 463 g/mol. The smallest absolute Gasteiger partial charge is 0.264 e. The minimum atomic E-state index is -2.89. The summed E-state index contributed by atoms with van der Waals surface area (Å²) in [6.07, 6.45) is 7.10. The van der Waals surface area contributed by atoms with E-state index in [9.17, 15) is 13.2 Å². The summed E-state index contributed by atoms with van der Waals surface area (Å²) in [6, 6.07) is 0.553. The second kappa shape index (κ2) is 8.29. The summed E-state index contributed by atoms with van der Waals surface area (Å²) in [7, 11) is -2.89. The summed E-state index contributed by atoms with van der Waals surface area (Å²) < 4.78 is 23.6. The summed E-state index contributed by atoms with van der Waals surface area (Å²) in [4.78, 5) is 28.0. The van der Waals surface area contributed by atoms with Gasteiger partial charge in [0.05, 0.1) is 21.8 Å². The minimum Gasteiger partial charge on any atom is -0.367 e. The largest absolute Gasteiger partial charge is 0.367 e. The zero-order valence-corrected chi connectivity index (χ0v) is 19.5. The predicted molar refractivity (Wildman–Crippen MR) is 123 cm³/mol. The van der Waals surface area contributed by atoms with Crippen LogP contribution in [0.2, 0.25) is 0 Å². The number of rotatable bonds is 4. The first kappa shape index (κ1) is 21.1. The van der Waals surface area contributed by atoms with E-state index < -0.39 is 9.84 Å². The highest BCUT2D eigenvalue weighted by Gasteiger charge is 2.35. The van der Waals surface area contributed by atoms with E-state index in [1.54, 1.807) is 6.33 Å². The number of hydrogen-bond acceptors (Lipinski definition) is 8. The number of aromatic nitrogens is 2. The van der Waals surface area contributed by atoms with E-state index in [4.69, 9.17) is 0 Å². The Bertz CT molecular complexity index is 1090. The van der Waals surface area contributed by atoms with Crippen molar-refractivity contribution in [1.29, 1.82) is 0 Å². The van der Waals surface area contributed by atoms with Crippen LogP contribution in [0.3, 0.4) is 0 Å². The van der Waals surface area contributed by atoms with Gasteiger partial charge in [0.25, 0.3) is 5.91 Å². The van der Waals surface area contributed by atoms with Crippen LogP contribution in [0.15, 0.2) is 6.33 Å². The molecule has 0 aromatic carbocycles. The van der Waals surface area contributed by atoms with Gasteiger partial charge in [-0.15, -0.1) is 11.3 Å². The standard InChI is InChI=1S/C21H29N5O3S2/c1-14-17-19(24-15-4-2-3-5-15)22-13-23-20(17)30-18(14)21(27)26-9-7-25(8-10-26)16-6-11-31(28,29)12-16/h13,15-16H,2-12H2,1H3,(H,22,23,24). The number of carbonyl (C=O) groups excluding carboxylic acids is 1. The highest BCUT2D eigenvalue weighted by atomic mass is 32.2.